The van der Waals surface area contributed by atoms with Crippen molar-refractivity contribution in [2.45, 2.75) is 38.6 Å². The van der Waals surface area contributed by atoms with Crippen LogP contribution >= 0.6 is 0 Å². The van der Waals surface area contributed by atoms with Crippen molar-refractivity contribution in [3.63, 3.8) is 0 Å². The fourth-order valence-corrected chi connectivity index (χ4v) is 2.80. The number of benzene rings is 1. The fraction of sp³-hybridized carbons (Fsp3) is 0.500. The van der Waals surface area contributed by atoms with E-state index in [1.54, 1.807) is 6.07 Å². The highest BCUT2D eigenvalue weighted by Crippen LogP contribution is 2.43. The summed E-state index contributed by atoms with van der Waals surface area (Å²) in [5, 5.41) is 9.29. The summed E-state index contributed by atoms with van der Waals surface area (Å²) in [6, 6.07) is 5.56. The number of nitrogens with zero attached hydrogens (tertiary/aromatic N) is 1. The zero-order chi connectivity index (χ0) is 12.8. The Morgan fingerprint density at radius 2 is 2.12 bits per heavy atom. The molecule has 92 valence electrons. The van der Waals surface area contributed by atoms with Crippen LogP contribution in [0.4, 0.5) is 5.69 Å². The SMILES string of the molecule is CC1CC(C)(C)N(C)c2c(C(=O)O)cccc21. The third-order valence-electron chi connectivity index (χ3n) is 3.88. The van der Waals surface area contributed by atoms with Crippen LogP contribution < -0.4 is 4.90 Å². The van der Waals surface area contributed by atoms with E-state index in [1.807, 2.05) is 19.2 Å². The average Bonchev–Trinajstić information content (AvgIpc) is 2.24. The van der Waals surface area contributed by atoms with Crippen molar-refractivity contribution in [1.82, 2.24) is 0 Å². The van der Waals surface area contributed by atoms with E-state index in [2.05, 4.69) is 25.7 Å². The van der Waals surface area contributed by atoms with Gasteiger partial charge < -0.3 is 10.0 Å². The standard InChI is InChI=1S/C14H19NO2/c1-9-8-14(2,3)15(4)12-10(9)6-5-7-11(12)13(16)17/h5-7,9H,8H2,1-4H3,(H,16,17). The van der Waals surface area contributed by atoms with Gasteiger partial charge in [-0.3, -0.25) is 0 Å². The van der Waals surface area contributed by atoms with Gasteiger partial charge in [0.25, 0.3) is 0 Å². The smallest absolute Gasteiger partial charge is 0.337 e. The van der Waals surface area contributed by atoms with Crippen LogP contribution in [0, 0.1) is 0 Å². The first kappa shape index (κ1) is 12.0. The maximum atomic E-state index is 11.3. The predicted molar refractivity (Wildman–Crippen MR) is 68.9 cm³/mol. The molecule has 1 aliphatic rings. The molecule has 1 atom stereocenters. The molecular weight excluding hydrogens is 214 g/mol. The number of hydrogen-bond acceptors (Lipinski definition) is 2. The Kier molecular flexibility index (Phi) is 2.64. The van der Waals surface area contributed by atoms with Crippen molar-refractivity contribution < 1.29 is 9.90 Å². The number of carboxylic acid groups (broad SMARTS) is 1. The highest BCUT2D eigenvalue weighted by Gasteiger charge is 2.36. The first-order chi connectivity index (χ1) is 7.84. The fourth-order valence-electron chi connectivity index (χ4n) is 2.80. The Bertz CT molecular complexity index is 465. The van der Waals surface area contributed by atoms with E-state index in [0.717, 1.165) is 17.7 Å². The normalized spacial score (nSPS) is 22.1. The molecule has 1 aromatic carbocycles. The lowest BCUT2D eigenvalue weighted by Gasteiger charge is -2.46. The Morgan fingerprint density at radius 3 is 2.71 bits per heavy atom. The zero-order valence-corrected chi connectivity index (χ0v) is 10.8. The Labute approximate surface area is 102 Å². The Hall–Kier alpha value is -1.51. The maximum absolute atomic E-state index is 11.3. The van der Waals surface area contributed by atoms with Gasteiger partial charge in [0.05, 0.1) is 11.3 Å². The summed E-state index contributed by atoms with van der Waals surface area (Å²) in [7, 11) is 1.98. The van der Waals surface area contributed by atoms with Crippen LogP contribution in [0.25, 0.3) is 0 Å². The number of fused-ring (bicyclic) bond motifs is 1. The van der Waals surface area contributed by atoms with Gasteiger partial charge in [0.1, 0.15) is 0 Å². The molecule has 1 aromatic rings. The molecule has 0 aromatic heterocycles. The van der Waals surface area contributed by atoms with E-state index < -0.39 is 5.97 Å². The second-order valence-electron chi connectivity index (χ2n) is 5.53. The zero-order valence-electron chi connectivity index (χ0n) is 10.8. The van der Waals surface area contributed by atoms with Crippen molar-refractivity contribution in [2.24, 2.45) is 0 Å². The van der Waals surface area contributed by atoms with Crippen molar-refractivity contribution in [1.29, 1.82) is 0 Å². The molecule has 0 bridgehead atoms. The number of carbonyl (C=O) groups is 1. The summed E-state index contributed by atoms with van der Waals surface area (Å²) in [5.41, 5.74) is 2.43. The van der Waals surface area contributed by atoms with Crippen LogP contribution in [0.5, 0.6) is 0 Å². The third-order valence-corrected chi connectivity index (χ3v) is 3.88. The van der Waals surface area contributed by atoms with Crippen LogP contribution in [-0.2, 0) is 0 Å². The number of anilines is 1. The molecule has 1 unspecified atom stereocenters. The largest absolute Gasteiger partial charge is 0.478 e. The Balaban J connectivity index is 2.67. The molecule has 0 radical (unpaired) electrons. The number of carboxylic acids is 1. The van der Waals surface area contributed by atoms with Crippen molar-refractivity contribution in [3.05, 3.63) is 29.3 Å². The number of rotatable bonds is 1. The summed E-state index contributed by atoms with van der Waals surface area (Å²) in [6.07, 6.45) is 1.04. The van der Waals surface area contributed by atoms with Gasteiger partial charge in [-0.1, -0.05) is 19.1 Å². The van der Waals surface area contributed by atoms with Gasteiger partial charge in [-0.05, 0) is 37.8 Å². The second kappa shape index (κ2) is 3.76. The van der Waals surface area contributed by atoms with Gasteiger partial charge in [-0.15, -0.1) is 0 Å². The summed E-state index contributed by atoms with van der Waals surface area (Å²) in [6.45, 7) is 6.48. The number of aromatic carboxylic acids is 1. The molecule has 0 amide bonds. The molecule has 0 spiro atoms. The Morgan fingerprint density at radius 1 is 1.47 bits per heavy atom. The lowest BCUT2D eigenvalue weighted by molar-refractivity contribution is 0.0697. The number of hydrogen-bond donors (Lipinski definition) is 1. The van der Waals surface area contributed by atoms with Crippen LogP contribution in [0.2, 0.25) is 0 Å². The van der Waals surface area contributed by atoms with Gasteiger partial charge in [-0.2, -0.15) is 0 Å². The molecule has 0 aliphatic carbocycles. The van der Waals surface area contributed by atoms with Crippen LogP contribution in [0.1, 0.15) is 49.0 Å². The van der Waals surface area contributed by atoms with E-state index >= 15 is 0 Å². The summed E-state index contributed by atoms with van der Waals surface area (Å²) >= 11 is 0. The topological polar surface area (TPSA) is 40.5 Å². The summed E-state index contributed by atoms with van der Waals surface area (Å²) < 4.78 is 0. The van der Waals surface area contributed by atoms with Crippen LogP contribution in [0.15, 0.2) is 18.2 Å². The molecule has 3 nitrogen and oxygen atoms in total. The quantitative estimate of drug-likeness (QED) is 0.810. The minimum atomic E-state index is -0.849. The monoisotopic (exact) mass is 233 g/mol. The first-order valence-electron chi connectivity index (χ1n) is 5.94. The molecular formula is C14H19NO2. The number of para-hydroxylation sites is 1. The molecule has 1 heterocycles. The summed E-state index contributed by atoms with van der Waals surface area (Å²) in [5.74, 6) is -0.450. The molecule has 1 N–H and O–H groups in total. The van der Waals surface area contributed by atoms with E-state index in [9.17, 15) is 9.90 Å². The molecule has 3 heteroatoms. The predicted octanol–water partition coefficient (Wildman–Crippen LogP) is 3.11. The van der Waals surface area contributed by atoms with E-state index in [4.69, 9.17) is 0 Å². The highest BCUT2D eigenvalue weighted by atomic mass is 16.4. The average molecular weight is 233 g/mol. The summed E-state index contributed by atoms with van der Waals surface area (Å²) in [4.78, 5) is 13.4. The van der Waals surface area contributed by atoms with Gasteiger partial charge in [0.2, 0.25) is 0 Å². The lowest BCUT2D eigenvalue weighted by Crippen LogP contribution is -2.46. The second-order valence-corrected chi connectivity index (χ2v) is 5.53. The third kappa shape index (κ3) is 1.79. The minimum absolute atomic E-state index is 0.00201. The highest BCUT2D eigenvalue weighted by molar-refractivity contribution is 5.96. The molecule has 0 saturated heterocycles. The van der Waals surface area contributed by atoms with Crippen molar-refractivity contribution in [2.75, 3.05) is 11.9 Å². The molecule has 17 heavy (non-hydrogen) atoms. The van der Waals surface area contributed by atoms with E-state index in [-0.39, 0.29) is 5.54 Å². The molecule has 2 rings (SSSR count). The maximum Gasteiger partial charge on any atom is 0.337 e. The van der Waals surface area contributed by atoms with Crippen molar-refractivity contribution in [3.8, 4) is 0 Å². The van der Waals surface area contributed by atoms with Crippen LogP contribution in [0.3, 0.4) is 0 Å². The van der Waals surface area contributed by atoms with Crippen molar-refractivity contribution >= 4 is 11.7 Å². The minimum Gasteiger partial charge on any atom is -0.478 e. The molecule has 1 aliphatic heterocycles. The van der Waals surface area contributed by atoms with Gasteiger partial charge in [0, 0.05) is 12.6 Å². The van der Waals surface area contributed by atoms with Crippen LogP contribution in [-0.4, -0.2) is 23.7 Å². The molecule has 0 fully saturated rings. The van der Waals surface area contributed by atoms with E-state index in [0.29, 0.717) is 11.5 Å². The van der Waals surface area contributed by atoms with Gasteiger partial charge in [0.15, 0.2) is 0 Å². The van der Waals surface area contributed by atoms with E-state index in [1.165, 1.54) is 0 Å². The van der Waals surface area contributed by atoms with Gasteiger partial charge >= 0.3 is 5.97 Å². The first-order valence-corrected chi connectivity index (χ1v) is 5.94. The molecule has 0 saturated carbocycles. The van der Waals surface area contributed by atoms with Gasteiger partial charge in [-0.25, -0.2) is 4.79 Å². The lowest BCUT2D eigenvalue weighted by atomic mass is 9.79.